The number of anilines is 1. The molecule has 2 aromatic carbocycles. The predicted molar refractivity (Wildman–Crippen MR) is 85.1 cm³/mol. The van der Waals surface area contributed by atoms with E-state index in [2.05, 4.69) is 21.2 Å². The van der Waals surface area contributed by atoms with Crippen molar-refractivity contribution in [1.82, 2.24) is 0 Å². The monoisotopic (exact) mass is 335 g/mol. The van der Waals surface area contributed by atoms with E-state index in [-0.39, 0.29) is 5.91 Å². The molecule has 0 atom stereocenters. The molecule has 2 nitrogen and oxygen atoms in total. The maximum Gasteiger partial charge on any atom is 0.256 e. The molecule has 0 fully saturated rings. The van der Waals surface area contributed by atoms with Crippen LogP contribution in [0.5, 0.6) is 0 Å². The number of thioether (sulfide) groups is 1. The molecular formula is C15H14BrNOS. The van der Waals surface area contributed by atoms with Crippen LogP contribution in [0.3, 0.4) is 0 Å². The Kier molecular flexibility index (Phi) is 4.66. The number of hydrogen-bond acceptors (Lipinski definition) is 2. The zero-order chi connectivity index (χ0) is 13.8. The number of halogens is 1. The molecule has 0 aliphatic carbocycles. The predicted octanol–water partition coefficient (Wildman–Crippen LogP) is 4.73. The number of rotatable bonds is 3. The van der Waals surface area contributed by atoms with Gasteiger partial charge in [0.05, 0.1) is 5.56 Å². The van der Waals surface area contributed by atoms with Crippen molar-refractivity contribution in [2.24, 2.45) is 0 Å². The summed E-state index contributed by atoms with van der Waals surface area (Å²) in [5, 5.41) is 2.96. The summed E-state index contributed by atoms with van der Waals surface area (Å²) < 4.78 is 1.01. The molecule has 0 aliphatic heterocycles. The second-order valence-electron chi connectivity index (χ2n) is 4.11. The summed E-state index contributed by atoms with van der Waals surface area (Å²) in [6.45, 7) is 1.97. The van der Waals surface area contributed by atoms with E-state index in [9.17, 15) is 4.79 Å². The van der Waals surface area contributed by atoms with E-state index in [1.807, 2.05) is 55.6 Å². The molecule has 0 aromatic heterocycles. The minimum atomic E-state index is -0.0737. The van der Waals surface area contributed by atoms with Crippen molar-refractivity contribution in [3.8, 4) is 0 Å². The van der Waals surface area contributed by atoms with Crippen LogP contribution in [0.2, 0.25) is 0 Å². The lowest BCUT2D eigenvalue weighted by Crippen LogP contribution is -2.13. The van der Waals surface area contributed by atoms with Gasteiger partial charge in [-0.2, -0.15) is 0 Å². The molecule has 2 rings (SSSR count). The van der Waals surface area contributed by atoms with Gasteiger partial charge in [-0.15, -0.1) is 11.8 Å². The van der Waals surface area contributed by atoms with Crippen LogP contribution in [0.1, 0.15) is 15.9 Å². The van der Waals surface area contributed by atoms with Crippen LogP contribution in [0.25, 0.3) is 0 Å². The van der Waals surface area contributed by atoms with Crippen LogP contribution in [-0.4, -0.2) is 12.2 Å². The maximum atomic E-state index is 12.3. The lowest BCUT2D eigenvalue weighted by molar-refractivity contribution is 0.102. The van der Waals surface area contributed by atoms with E-state index < -0.39 is 0 Å². The van der Waals surface area contributed by atoms with Gasteiger partial charge >= 0.3 is 0 Å². The first-order chi connectivity index (χ1) is 9.11. The third kappa shape index (κ3) is 3.39. The normalized spacial score (nSPS) is 10.3. The highest BCUT2D eigenvalue weighted by Crippen LogP contribution is 2.23. The van der Waals surface area contributed by atoms with E-state index >= 15 is 0 Å². The fourth-order valence-corrected chi connectivity index (χ4v) is 2.86. The van der Waals surface area contributed by atoms with Crippen molar-refractivity contribution in [3.05, 3.63) is 58.1 Å². The number of hydrogen-bond donors (Lipinski definition) is 1. The van der Waals surface area contributed by atoms with Gasteiger partial charge in [0, 0.05) is 15.1 Å². The SMILES string of the molecule is CSc1ccccc1C(=O)Nc1ccc(Br)cc1C. The Labute approximate surface area is 125 Å². The Morgan fingerprint density at radius 2 is 1.95 bits per heavy atom. The molecule has 0 bridgehead atoms. The summed E-state index contributed by atoms with van der Waals surface area (Å²) >= 11 is 4.99. The van der Waals surface area contributed by atoms with Crippen molar-refractivity contribution in [3.63, 3.8) is 0 Å². The Balaban J connectivity index is 2.26. The van der Waals surface area contributed by atoms with Gasteiger partial charge in [0.25, 0.3) is 5.91 Å². The molecule has 0 heterocycles. The molecule has 0 radical (unpaired) electrons. The average Bonchev–Trinajstić information content (AvgIpc) is 2.41. The number of nitrogens with one attached hydrogen (secondary N) is 1. The number of benzene rings is 2. The van der Waals surface area contributed by atoms with Crippen molar-refractivity contribution in [2.75, 3.05) is 11.6 Å². The Morgan fingerprint density at radius 3 is 2.63 bits per heavy atom. The van der Waals surface area contributed by atoms with E-state index in [0.717, 1.165) is 20.6 Å². The smallest absolute Gasteiger partial charge is 0.256 e. The highest BCUT2D eigenvalue weighted by molar-refractivity contribution is 9.10. The van der Waals surface area contributed by atoms with Gasteiger partial charge in [-0.25, -0.2) is 0 Å². The summed E-state index contributed by atoms with van der Waals surface area (Å²) in [6, 6.07) is 13.4. The second kappa shape index (κ2) is 6.26. The lowest BCUT2D eigenvalue weighted by atomic mass is 10.1. The van der Waals surface area contributed by atoms with E-state index in [0.29, 0.717) is 5.56 Å². The molecular weight excluding hydrogens is 322 g/mol. The molecule has 4 heteroatoms. The van der Waals surface area contributed by atoms with Gasteiger partial charge in [-0.1, -0.05) is 28.1 Å². The quantitative estimate of drug-likeness (QED) is 0.821. The fraction of sp³-hybridized carbons (Fsp3) is 0.133. The zero-order valence-corrected chi connectivity index (χ0v) is 13.1. The number of carbonyl (C=O) groups excluding carboxylic acids is 1. The van der Waals surface area contributed by atoms with Crippen molar-refractivity contribution < 1.29 is 4.79 Å². The van der Waals surface area contributed by atoms with Gasteiger partial charge < -0.3 is 5.32 Å². The van der Waals surface area contributed by atoms with Crippen LogP contribution < -0.4 is 5.32 Å². The third-order valence-electron chi connectivity index (χ3n) is 2.79. The molecule has 19 heavy (non-hydrogen) atoms. The van der Waals surface area contributed by atoms with Crippen LogP contribution in [0.4, 0.5) is 5.69 Å². The summed E-state index contributed by atoms with van der Waals surface area (Å²) in [7, 11) is 0. The number of aryl methyl sites for hydroxylation is 1. The summed E-state index contributed by atoms with van der Waals surface area (Å²) in [5.74, 6) is -0.0737. The Bertz CT molecular complexity index is 613. The van der Waals surface area contributed by atoms with Crippen LogP contribution in [0.15, 0.2) is 51.8 Å². The van der Waals surface area contributed by atoms with E-state index in [4.69, 9.17) is 0 Å². The first-order valence-corrected chi connectivity index (χ1v) is 7.84. The molecule has 2 aromatic rings. The highest BCUT2D eigenvalue weighted by atomic mass is 79.9. The summed E-state index contributed by atoms with van der Waals surface area (Å²) in [5.41, 5.74) is 2.57. The molecule has 98 valence electrons. The molecule has 0 saturated heterocycles. The maximum absolute atomic E-state index is 12.3. The molecule has 0 aliphatic rings. The molecule has 1 amide bonds. The van der Waals surface area contributed by atoms with Crippen molar-refractivity contribution in [1.29, 1.82) is 0 Å². The van der Waals surface area contributed by atoms with Crippen LogP contribution >= 0.6 is 27.7 Å². The summed E-state index contributed by atoms with van der Waals surface area (Å²) in [4.78, 5) is 13.3. The van der Waals surface area contributed by atoms with Gasteiger partial charge in [0.15, 0.2) is 0 Å². The topological polar surface area (TPSA) is 29.1 Å². The van der Waals surface area contributed by atoms with Crippen LogP contribution in [-0.2, 0) is 0 Å². The first-order valence-electron chi connectivity index (χ1n) is 5.82. The average molecular weight is 336 g/mol. The minimum Gasteiger partial charge on any atom is -0.322 e. The van der Waals surface area contributed by atoms with Crippen molar-refractivity contribution >= 4 is 39.3 Å². The standard InChI is InChI=1S/C15H14BrNOS/c1-10-9-11(16)7-8-13(10)17-15(18)12-5-3-4-6-14(12)19-2/h3-9H,1-2H3,(H,17,18). The second-order valence-corrected chi connectivity index (χ2v) is 5.88. The van der Waals surface area contributed by atoms with Crippen molar-refractivity contribution in [2.45, 2.75) is 11.8 Å². The van der Waals surface area contributed by atoms with Gasteiger partial charge in [0.2, 0.25) is 0 Å². The number of carbonyl (C=O) groups is 1. The summed E-state index contributed by atoms with van der Waals surface area (Å²) in [6.07, 6.45) is 1.97. The molecule has 0 spiro atoms. The molecule has 0 unspecified atom stereocenters. The van der Waals surface area contributed by atoms with Gasteiger partial charge in [-0.05, 0) is 49.1 Å². The first kappa shape index (κ1) is 14.2. The van der Waals surface area contributed by atoms with Gasteiger partial charge in [0.1, 0.15) is 0 Å². The van der Waals surface area contributed by atoms with Crippen LogP contribution in [0, 0.1) is 6.92 Å². The highest BCUT2D eigenvalue weighted by Gasteiger charge is 2.11. The number of amides is 1. The molecule has 1 N–H and O–H groups in total. The Morgan fingerprint density at radius 1 is 1.21 bits per heavy atom. The fourth-order valence-electron chi connectivity index (χ4n) is 1.79. The largest absolute Gasteiger partial charge is 0.322 e. The zero-order valence-electron chi connectivity index (χ0n) is 10.7. The van der Waals surface area contributed by atoms with E-state index in [1.54, 1.807) is 11.8 Å². The molecule has 0 saturated carbocycles. The minimum absolute atomic E-state index is 0.0737. The third-order valence-corrected chi connectivity index (χ3v) is 4.08. The Hall–Kier alpha value is -1.26. The van der Waals surface area contributed by atoms with Gasteiger partial charge in [-0.3, -0.25) is 4.79 Å². The lowest BCUT2D eigenvalue weighted by Gasteiger charge is -2.10. The van der Waals surface area contributed by atoms with E-state index in [1.165, 1.54) is 0 Å².